The first-order valence-corrected chi connectivity index (χ1v) is 10.8. The van der Waals surface area contributed by atoms with E-state index in [0.29, 0.717) is 22.1 Å². The zero-order valence-electron chi connectivity index (χ0n) is 17.1. The van der Waals surface area contributed by atoms with Gasteiger partial charge in [0.1, 0.15) is 5.82 Å². The average Bonchev–Trinajstić information content (AvgIpc) is 3.53. The molecule has 10 heteroatoms. The zero-order valence-corrected chi connectivity index (χ0v) is 17.9. The number of nitrogens with one attached hydrogen (secondary N) is 1. The molecular formula is C22H18N6O3S. The molecule has 1 aliphatic rings. The SMILES string of the molecule is CC(=O)Nc1cccc(-n2c(Sc3ccc([N+](=O)[O-])c4cnccc34)nnc2C2CC2)c1. The Kier molecular flexibility index (Phi) is 5.06. The van der Waals surface area contributed by atoms with Gasteiger partial charge in [0.15, 0.2) is 0 Å². The zero-order chi connectivity index (χ0) is 22.2. The van der Waals surface area contributed by atoms with Crippen LogP contribution in [0.1, 0.15) is 31.5 Å². The Morgan fingerprint density at radius 1 is 1.19 bits per heavy atom. The van der Waals surface area contributed by atoms with Crippen LogP contribution in [0.5, 0.6) is 0 Å². The van der Waals surface area contributed by atoms with Gasteiger partial charge in [-0.15, -0.1) is 10.2 Å². The van der Waals surface area contributed by atoms with Gasteiger partial charge in [-0.3, -0.25) is 24.5 Å². The van der Waals surface area contributed by atoms with Gasteiger partial charge in [0.05, 0.1) is 16.0 Å². The number of nitro groups is 1. The van der Waals surface area contributed by atoms with E-state index in [4.69, 9.17) is 0 Å². The van der Waals surface area contributed by atoms with Gasteiger partial charge < -0.3 is 5.32 Å². The number of pyridine rings is 1. The lowest BCUT2D eigenvalue weighted by molar-refractivity contribution is -0.383. The highest BCUT2D eigenvalue weighted by atomic mass is 32.2. The van der Waals surface area contributed by atoms with Crippen LogP contribution in [0.15, 0.2) is 64.9 Å². The third kappa shape index (κ3) is 3.80. The van der Waals surface area contributed by atoms with Crippen LogP contribution < -0.4 is 5.32 Å². The van der Waals surface area contributed by atoms with Gasteiger partial charge in [0, 0.05) is 47.3 Å². The van der Waals surface area contributed by atoms with Crippen molar-refractivity contribution in [2.45, 2.75) is 35.7 Å². The Balaban J connectivity index is 1.60. The number of rotatable bonds is 6. The van der Waals surface area contributed by atoms with E-state index in [9.17, 15) is 14.9 Å². The number of anilines is 1. The number of aromatic nitrogens is 4. The monoisotopic (exact) mass is 446 g/mol. The topological polar surface area (TPSA) is 116 Å². The molecule has 1 N–H and O–H groups in total. The third-order valence-electron chi connectivity index (χ3n) is 5.18. The lowest BCUT2D eigenvalue weighted by Crippen LogP contribution is -2.07. The number of nitrogens with zero attached hydrogens (tertiary/aromatic N) is 5. The first-order valence-electron chi connectivity index (χ1n) is 10.0. The molecule has 1 amide bonds. The summed E-state index contributed by atoms with van der Waals surface area (Å²) in [6.45, 7) is 1.47. The summed E-state index contributed by atoms with van der Waals surface area (Å²) in [4.78, 5) is 27.4. The van der Waals surface area contributed by atoms with Crippen LogP contribution in [0.2, 0.25) is 0 Å². The van der Waals surface area contributed by atoms with Crippen LogP contribution in [0, 0.1) is 10.1 Å². The van der Waals surface area contributed by atoms with Gasteiger partial charge in [-0.2, -0.15) is 0 Å². The summed E-state index contributed by atoms with van der Waals surface area (Å²) in [5.41, 5.74) is 1.55. The molecular weight excluding hydrogens is 428 g/mol. The number of nitro benzene ring substituents is 1. The fraction of sp³-hybridized carbons (Fsp3) is 0.182. The molecule has 0 aliphatic heterocycles. The largest absolute Gasteiger partial charge is 0.326 e. The van der Waals surface area contributed by atoms with Gasteiger partial charge in [-0.05, 0) is 54.9 Å². The maximum Gasteiger partial charge on any atom is 0.278 e. The van der Waals surface area contributed by atoms with Gasteiger partial charge in [-0.25, -0.2) is 0 Å². The van der Waals surface area contributed by atoms with Gasteiger partial charge in [0.2, 0.25) is 11.1 Å². The van der Waals surface area contributed by atoms with Crippen molar-refractivity contribution in [1.29, 1.82) is 0 Å². The molecule has 160 valence electrons. The number of non-ortho nitro benzene ring substituents is 1. The van der Waals surface area contributed by atoms with Crippen LogP contribution in [-0.2, 0) is 4.79 Å². The van der Waals surface area contributed by atoms with Crippen molar-refractivity contribution in [2.24, 2.45) is 0 Å². The minimum Gasteiger partial charge on any atom is -0.326 e. The number of hydrogen-bond acceptors (Lipinski definition) is 7. The number of fused-ring (bicyclic) bond motifs is 1. The van der Waals surface area contributed by atoms with Crippen molar-refractivity contribution in [1.82, 2.24) is 19.7 Å². The van der Waals surface area contributed by atoms with Gasteiger partial charge >= 0.3 is 0 Å². The average molecular weight is 446 g/mol. The molecule has 1 fully saturated rings. The fourth-order valence-corrected chi connectivity index (χ4v) is 4.61. The molecule has 9 nitrogen and oxygen atoms in total. The summed E-state index contributed by atoms with van der Waals surface area (Å²) >= 11 is 1.40. The van der Waals surface area contributed by atoms with Gasteiger partial charge in [-0.1, -0.05) is 6.07 Å². The van der Waals surface area contributed by atoms with E-state index in [0.717, 1.165) is 34.6 Å². The summed E-state index contributed by atoms with van der Waals surface area (Å²) < 4.78 is 2.00. The number of carbonyl (C=O) groups excluding carboxylic acids is 1. The van der Waals surface area contributed by atoms with E-state index in [2.05, 4.69) is 20.5 Å². The lowest BCUT2D eigenvalue weighted by atomic mass is 10.1. The highest BCUT2D eigenvalue weighted by Gasteiger charge is 2.31. The summed E-state index contributed by atoms with van der Waals surface area (Å²) in [6.07, 6.45) is 5.24. The molecule has 0 bridgehead atoms. The Labute approximate surface area is 187 Å². The maximum atomic E-state index is 11.5. The third-order valence-corrected chi connectivity index (χ3v) is 6.20. The second-order valence-electron chi connectivity index (χ2n) is 7.55. The maximum absolute atomic E-state index is 11.5. The minimum atomic E-state index is -0.403. The molecule has 4 aromatic rings. The molecule has 0 atom stereocenters. The molecule has 0 saturated heterocycles. The molecule has 5 rings (SSSR count). The van der Waals surface area contributed by atoms with Crippen LogP contribution in [0.25, 0.3) is 16.5 Å². The Morgan fingerprint density at radius 3 is 2.78 bits per heavy atom. The van der Waals surface area contributed by atoms with E-state index in [1.54, 1.807) is 18.3 Å². The fourth-order valence-electron chi connectivity index (χ4n) is 3.62. The molecule has 0 spiro atoms. The second-order valence-corrected chi connectivity index (χ2v) is 8.55. The Hall–Kier alpha value is -3.79. The highest BCUT2D eigenvalue weighted by molar-refractivity contribution is 7.99. The minimum absolute atomic E-state index is 0.0144. The molecule has 1 aliphatic carbocycles. The van der Waals surface area contributed by atoms with Crippen molar-refractivity contribution in [3.8, 4) is 5.69 Å². The number of amides is 1. The Morgan fingerprint density at radius 2 is 2.03 bits per heavy atom. The molecule has 0 radical (unpaired) electrons. The summed E-state index contributed by atoms with van der Waals surface area (Å²) in [5.74, 6) is 1.08. The lowest BCUT2D eigenvalue weighted by Gasteiger charge is -2.12. The predicted molar refractivity (Wildman–Crippen MR) is 120 cm³/mol. The Bertz CT molecular complexity index is 1370. The van der Waals surface area contributed by atoms with Crippen molar-refractivity contribution >= 4 is 39.8 Å². The first kappa shape index (κ1) is 20.1. The molecule has 2 aromatic heterocycles. The van der Waals surface area contributed by atoms with Gasteiger partial charge in [0.25, 0.3) is 5.69 Å². The van der Waals surface area contributed by atoms with Crippen molar-refractivity contribution in [3.63, 3.8) is 0 Å². The van der Waals surface area contributed by atoms with Crippen LogP contribution >= 0.6 is 11.8 Å². The van der Waals surface area contributed by atoms with E-state index in [-0.39, 0.29) is 11.6 Å². The van der Waals surface area contributed by atoms with E-state index in [1.807, 2.05) is 28.8 Å². The molecule has 1 saturated carbocycles. The smallest absolute Gasteiger partial charge is 0.278 e. The predicted octanol–water partition coefficient (Wildman–Crippen LogP) is 4.71. The van der Waals surface area contributed by atoms with E-state index < -0.39 is 4.92 Å². The number of benzene rings is 2. The van der Waals surface area contributed by atoms with Crippen molar-refractivity contribution in [2.75, 3.05) is 5.32 Å². The standard InChI is InChI=1S/C22H18N6O3S/c1-13(29)24-15-3-2-4-16(11-15)27-21(14-5-6-14)25-26-22(27)32-20-8-7-19(28(30)31)18-12-23-10-9-17(18)20/h2-4,7-12,14H,5-6H2,1H3,(H,24,29). The van der Waals surface area contributed by atoms with Crippen molar-refractivity contribution in [3.05, 3.63) is 70.8 Å². The van der Waals surface area contributed by atoms with E-state index >= 15 is 0 Å². The van der Waals surface area contributed by atoms with Crippen LogP contribution in [0.4, 0.5) is 11.4 Å². The summed E-state index contributed by atoms with van der Waals surface area (Å²) in [7, 11) is 0. The number of hydrogen-bond donors (Lipinski definition) is 1. The first-order chi connectivity index (χ1) is 15.5. The van der Waals surface area contributed by atoms with Crippen molar-refractivity contribution < 1.29 is 9.72 Å². The quantitative estimate of drug-likeness (QED) is 0.337. The summed E-state index contributed by atoms with van der Waals surface area (Å²) in [6, 6.07) is 12.5. The molecule has 2 heterocycles. The van der Waals surface area contributed by atoms with Crippen LogP contribution in [0.3, 0.4) is 0 Å². The molecule has 0 unspecified atom stereocenters. The van der Waals surface area contributed by atoms with E-state index in [1.165, 1.54) is 30.9 Å². The second kappa shape index (κ2) is 8.04. The number of carbonyl (C=O) groups is 1. The summed E-state index contributed by atoms with van der Waals surface area (Å²) in [5, 5.41) is 25.0. The molecule has 32 heavy (non-hydrogen) atoms. The normalized spacial score (nSPS) is 13.3. The van der Waals surface area contributed by atoms with Crippen LogP contribution in [-0.4, -0.2) is 30.6 Å². The molecule has 2 aromatic carbocycles. The highest BCUT2D eigenvalue weighted by Crippen LogP contribution is 2.43.